The zero-order chi connectivity index (χ0) is 12.3. The van der Waals surface area contributed by atoms with E-state index in [1.54, 1.807) is 11.3 Å². The topological polar surface area (TPSA) is 19.4 Å². The molecule has 1 fully saturated rings. The van der Waals surface area contributed by atoms with E-state index in [0.29, 0.717) is 5.88 Å². The fourth-order valence-corrected chi connectivity index (χ4v) is 3.25. The molecule has 0 radical (unpaired) electrons. The molecule has 0 unspecified atom stereocenters. The molecular weight excluding hydrogens is 254 g/mol. The lowest BCUT2D eigenvalue weighted by molar-refractivity contribution is 0.231. The number of halogens is 1. The van der Waals surface area contributed by atoms with Crippen LogP contribution in [0.1, 0.15) is 19.5 Å². The number of piperazine rings is 1. The first kappa shape index (κ1) is 13.1. The van der Waals surface area contributed by atoms with Gasteiger partial charge in [0.25, 0.3) is 0 Å². The van der Waals surface area contributed by atoms with Crippen LogP contribution in [0.2, 0.25) is 0 Å². The van der Waals surface area contributed by atoms with Crippen molar-refractivity contribution in [3.8, 4) is 0 Å². The predicted molar refractivity (Wildman–Crippen MR) is 75.2 cm³/mol. The number of hydrogen-bond acceptors (Lipinski definition) is 4. The van der Waals surface area contributed by atoms with Crippen LogP contribution in [-0.2, 0) is 5.88 Å². The highest BCUT2D eigenvalue weighted by Gasteiger charge is 2.19. The molecule has 0 N–H and O–H groups in total. The number of nitrogens with zero attached hydrogens (tertiary/aromatic N) is 3. The van der Waals surface area contributed by atoms with E-state index < -0.39 is 0 Å². The number of hydrogen-bond donors (Lipinski definition) is 0. The van der Waals surface area contributed by atoms with Gasteiger partial charge in [0.2, 0.25) is 0 Å². The third-order valence-corrected chi connectivity index (χ3v) is 4.17. The Morgan fingerprint density at radius 3 is 2.59 bits per heavy atom. The third kappa shape index (κ3) is 3.57. The fraction of sp³-hybridized carbons (Fsp3) is 0.750. The van der Waals surface area contributed by atoms with Crippen molar-refractivity contribution in [2.24, 2.45) is 5.92 Å². The van der Waals surface area contributed by atoms with Gasteiger partial charge < -0.3 is 4.90 Å². The summed E-state index contributed by atoms with van der Waals surface area (Å²) in [5.41, 5.74) is 0.997. The first-order chi connectivity index (χ1) is 8.19. The summed E-state index contributed by atoms with van der Waals surface area (Å²) < 4.78 is 0. The summed E-state index contributed by atoms with van der Waals surface area (Å²) in [6.07, 6.45) is 0. The Kier molecular flexibility index (Phi) is 4.65. The Morgan fingerprint density at radius 2 is 2.06 bits per heavy atom. The van der Waals surface area contributed by atoms with Gasteiger partial charge in [-0.25, -0.2) is 4.98 Å². The van der Waals surface area contributed by atoms with Crippen LogP contribution in [0.15, 0.2) is 5.38 Å². The van der Waals surface area contributed by atoms with E-state index in [0.717, 1.165) is 42.9 Å². The second-order valence-electron chi connectivity index (χ2n) is 4.94. The lowest BCUT2D eigenvalue weighted by Gasteiger charge is -2.35. The molecule has 1 aliphatic heterocycles. The van der Waals surface area contributed by atoms with Gasteiger partial charge >= 0.3 is 0 Å². The standard InChI is InChI=1S/C12H20ClN3S/c1-10(2)8-15-3-5-16(6-4-15)12-14-11(7-13)9-17-12/h9-10H,3-8H2,1-2H3. The Bertz CT molecular complexity index is 345. The minimum Gasteiger partial charge on any atom is -0.346 e. The molecule has 0 amide bonds. The zero-order valence-electron chi connectivity index (χ0n) is 10.5. The third-order valence-electron chi connectivity index (χ3n) is 2.94. The minimum atomic E-state index is 0.518. The molecule has 0 saturated carbocycles. The minimum absolute atomic E-state index is 0.518. The first-order valence-electron chi connectivity index (χ1n) is 6.16. The van der Waals surface area contributed by atoms with Crippen LogP contribution >= 0.6 is 22.9 Å². The fourth-order valence-electron chi connectivity index (χ4n) is 2.14. The summed E-state index contributed by atoms with van der Waals surface area (Å²) in [7, 11) is 0. The maximum Gasteiger partial charge on any atom is 0.185 e. The molecule has 0 aliphatic carbocycles. The lowest BCUT2D eigenvalue weighted by atomic mass is 10.2. The van der Waals surface area contributed by atoms with Gasteiger partial charge in [-0.15, -0.1) is 22.9 Å². The molecule has 2 heterocycles. The lowest BCUT2D eigenvalue weighted by Crippen LogP contribution is -2.47. The van der Waals surface area contributed by atoms with Gasteiger partial charge in [-0.2, -0.15) is 0 Å². The molecule has 1 aromatic heterocycles. The number of thiazole rings is 1. The van der Waals surface area contributed by atoms with Gasteiger partial charge in [0.05, 0.1) is 11.6 Å². The van der Waals surface area contributed by atoms with Crippen LogP contribution in [0.5, 0.6) is 0 Å². The van der Waals surface area contributed by atoms with Crippen molar-refractivity contribution in [2.75, 3.05) is 37.6 Å². The monoisotopic (exact) mass is 273 g/mol. The first-order valence-corrected chi connectivity index (χ1v) is 7.58. The number of aromatic nitrogens is 1. The summed E-state index contributed by atoms with van der Waals surface area (Å²) in [6.45, 7) is 10.2. The average molecular weight is 274 g/mol. The summed E-state index contributed by atoms with van der Waals surface area (Å²) in [6, 6.07) is 0. The second-order valence-corrected chi connectivity index (χ2v) is 6.04. The summed E-state index contributed by atoms with van der Waals surface area (Å²) in [5.74, 6) is 1.27. The van der Waals surface area contributed by atoms with Gasteiger partial charge in [-0.3, -0.25) is 4.90 Å². The van der Waals surface area contributed by atoms with Crippen molar-refractivity contribution >= 4 is 28.1 Å². The highest BCUT2D eigenvalue weighted by atomic mass is 35.5. The van der Waals surface area contributed by atoms with E-state index in [2.05, 4.69) is 34.0 Å². The Hall–Kier alpha value is -0.320. The molecule has 1 aromatic rings. The molecule has 1 saturated heterocycles. The van der Waals surface area contributed by atoms with Crippen LogP contribution in [0.3, 0.4) is 0 Å². The molecule has 5 heteroatoms. The van der Waals surface area contributed by atoms with Crippen LogP contribution in [0.4, 0.5) is 5.13 Å². The van der Waals surface area contributed by atoms with Crippen LogP contribution in [-0.4, -0.2) is 42.6 Å². The van der Waals surface area contributed by atoms with Gasteiger partial charge in [-0.05, 0) is 5.92 Å². The van der Waals surface area contributed by atoms with E-state index >= 15 is 0 Å². The van der Waals surface area contributed by atoms with Gasteiger partial charge in [0.15, 0.2) is 5.13 Å². The van der Waals surface area contributed by atoms with E-state index in [1.807, 2.05) is 0 Å². The van der Waals surface area contributed by atoms with Crippen LogP contribution in [0, 0.1) is 5.92 Å². The summed E-state index contributed by atoms with van der Waals surface area (Å²) in [5, 5.41) is 3.19. The maximum absolute atomic E-state index is 5.78. The zero-order valence-corrected chi connectivity index (χ0v) is 12.1. The van der Waals surface area contributed by atoms with Crippen molar-refractivity contribution < 1.29 is 0 Å². The van der Waals surface area contributed by atoms with Crippen LogP contribution in [0.25, 0.3) is 0 Å². The van der Waals surface area contributed by atoms with Gasteiger partial charge in [0.1, 0.15) is 0 Å². The van der Waals surface area contributed by atoms with E-state index in [1.165, 1.54) is 6.54 Å². The second kappa shape index (κ2) is 6.03. The van der Waals surface area contributed by atoms with Crippen LogP contribution < -0.4 is 4.90 Å². The predicted octanol–water partition coefficient (Wildman–Crippen LogP) is 2.66. The molecule has 17 heavy (non-hydrogen) atoms. The number of alkyl halides is 1. The quantitative estimate of drug-likeness (QED) is 0.787. The highest BCUT2D eigenvalue weighted by molar-refractivity contribution is 7.13. The molecule has 0 atom stereocenters. The maximum atomic E-state index is 5.78. The highest BCUT2D eigenvalue weighted by Crippen LogP contribution is 2.22. The summed E-state index contributed by atoms with van der Waals surface area (Å²) >= 11 is 7.48. The number of anilines is 1. The van der Waals surface area contributed by atoms with Crippen molar-refractivity contribution in [1.29, 1.82) is 0 Å². The van der Waals surface area contributed by atoms with Crippen molar-refractivity contribution in [1.82, 2.24) is 9.88 Å². The molecule has 2 rings (SSSR count). The molecule has 3 nitrogen and oxygen atoms in total. The largest absolute Gasteiger partial charge is 0.346 e. The average Bonchev–Trinajstić information content (AvgIpc) is 2.78. The Labute approximate surface area is 112 Å². The van der Waals surface area contributed by atoms with E-state index in [-0.39, 0.29) is 0 Å². The van der Waals surface area contributed by atoms with E-state index in [9.17, 15) is 0 Å². The van der Waals surface area contributed by atoms with Gasteiger partial charge in [0, 0.05) is 38.1 Å². The molecule has 96 valence electrons. The molecule has 0 spiro atoms. The molecule has 0 aromatic carbocycles. The van der Waals surface area contributed by atoms with Crippen molar-refractivity contribution in [3.63, 3.8) is 0 Å². The molecule has 1 aliphatic rings. The normalized spacial score (nSPS) is 18.0. The smallest absolute Gasteiger partial charge is 0.185 e. The summed E-state index contributed by atoms with van der Waals surface area (Å²) in [4.78, 5) is 9.44. The molecular formula is C12H20ClN3S. The molecule has 0 bridgehead atoms. The SMILES string of the molecule is CC(C)CN1CCN(c2nc(CCl)cs2)CC1. The number of rotatable bonds is 4. The van der Waals surface area contributed by atoms with Crippen molar-refractivity contribution in [3.05, 3.63) is 11.1 Å². The van der Waals surface area contributed by atoms with Gasteiger partial charge in [-0.1, -0.05) is 13.8 Å². The Morgan fingerprint density at radius 1 is 1.35 bits per heavy atom. The van der Waals surface area contributed by atoms with Crippen molar-refractivity contribution in [2.45, 2.75) is 19.7 Å². The Balaban J connectivity index is 1.86. The van der Waals surface area contributed by atoms with E-state index in [4.69, 9.17) is 11.6 Å².